The smallest absolute Gasteiger partial charge is 0.272 e. The molecule has 1 aromatic carbocycles. The summed E-state index contributed by atoms with van der Waals surface area (Å²) in [4.78, 5) is 17.3. The minimum Gasteiger partial charge on any atom is -0.393 e. The van der Waals surface area contributed by atoms with Crippen molar-refractivity contribution in [3.63, 3.8) is 0 Å². The summed E-state index contributed by atoms with van der Waals surface area (Å²) in [5.41, 5.74) is 2.15. The topological polar surface area (TPSA) is 80.0 Å². The van der Waals surface area contributed by atoms with Crippen molar-refractivity contribution in [1.82, 2.24) is 20.1 Å². The molecule has 3 aromatic rings. The molecular weight excluding hydrogens is 316 g/mol. The highest BCUT2D eigenvalue weighted by Gasteiger charge is 2.36. The van der Waals surface area contributed by atoms with Crippen molar-refractivity contribution in [3.05, 3.63) is 60.0 Å². The zero-order chi connectivity index (χ0) is 17.4. The number of aliphatic hydroxyl groups excluding tert-OH is 1. The molecule has 1 aliphatic rings. The molecule has 1 saturated carbocycles. The zero-order valence-corrected chi connectivity index (χ0v) is 14.0. The van der Waals surface area contributed by atoms with Gasteiger partial charge < -0.3 is 10.4 Å². The number of carbonyl (C=O) groups is 1. The lowest BCUT2D eigenvalue weighted by molar-refractivity contribution is 0.0228. The molecule has 1 fully saturated rings. The van der Waals surface area contributed by atoms with Gasteiger partial charge in [0.25, 0.3) is 5.91 Å². The molecule has 6 heteroatoms. The highest BCUT2D eigenvalue weighted by molar-refractivity contribution is 6.05. The minimum absolute atomic E-state index is 0.184. The molecule has 0 aliphatic heterocycles. The number of amides is 1. The van der Waals surface area contributed by atoms with Crippen molar-refractivity contribution < 1.29 is 9.90 Å². The summed E-state index contributed by atoms with van der Waals surface area (Å²) in [6.45, 7) is 0. The van der Waals surface area contributed by atoms with E-state index < -0.39 is 0 Å². The van der Waals surface area contributed by atoms with E-state index in [4.69, 9.17) is 0 Å². The van der Waals surface area contributed by atoms with Crippen molar-refractivity contribution in [1.29, 1.82) is 0 Å². The van der Waals surface area contributed by atoms with E-state index in [1.807, 2.05) is 49.5 Å². The Morgan fingerprint density at radius 1 is 1.24 bits per heavy atom. The SMILES string of the molecule is Cn1nc(C(=O)N[C@H](c2ccccn2)C2CC(O)C2)c2ccccc21. The summed E-state index contributed by atoms with van der Waals surface area (Å²) >= 11 is 0. The lowest BCUT2D eigenvalue weighted by Crippen LogP contribution is -2.42. The first-order valence-electron chi connectivity index (χ1n) is 8.45. The number of aliphatic hydroxyl groups is 1. The Hall–Kier alpha value is -2.73. The van der Waals surface area contributed by atoms with Crippen LogP contribution in [0.5, 0.6) is 0 Å². The average Bonchev–Trinajstić information content (AvgIpc) is 2.95. The van der Waals surface area contributed by atoms with E-state index in [1.165, 1.54) is 0 Å². The molecule has 1 atom stereocenters. The van der Waals surface area contributed by atoms with Gasteiger partial charge in [0.05, 0.1) is 23.4 Å². The van der Waals surface area contributed by atoms with Gasteiger partial charge in [-0.15, -0.1) is 0 Å². The van der Waals surface area contributed by atoms with E-state index in [0.717, 1.165) is 16.6 Å². The van der Waals surface area contributed by atoms with Gasteiger partial charge in [0.15, 0.2) is 5.69 Å². The molecule has 6 nitrogen and oxygen atoms in total. The molecule has 1 amide bonds. The van der Waals surface area contributed by atoms with Crippen molar-refractivity contribution in [2.45, 2.75) is 25.0 Å². The van der Waals surface area contributed by atoms with Crippen LogP contribution in [0, 0.1) is 5.92 Å². The van der Waals surface area contributed by atoms with Crippen molar-refractivity contribution in [2.75, 3.05) is 0 Å². The summed E-state index contributed by atoms with van der Waals surface area (Å²) in [7, 11) is 1.83. The van der Waals surface area contributed by atoms with Crippen LogP contribution in [-0.2, 0) is 7.05 Å². The summed E-state index contributed by atoms with van der Waals surface area (Å²) in [5, 5.41) is 18.0. The van der Waals surface area contributed by atoms with E-state index in [0.29, 0.717) is 18.5 Å². The van der Waals surface area contributed by atoms with Crippen LogP contribution in [0.3, 0.4) is 0 Å². The number of nitrogens with one attached hydrogen (secondary N) is 1. The number of hydrogen-bond acceptors (Lipinski definition) is 4. The van der Waals surface area contributed by atoms with Gasteiger partial charge in [-0.3, -0.25) is 14.5 Å². The van der Waals surface area contributed by atoms with Gasteiger partial charge >= 0.3 is 0 Å². The number of carbonyl (C=O) groups excluding carboxylic acids is 1. The van der Waals surface area contributed by atoms with Crippen LogP contribution < -0.4 is 5.32 Å². The second kappa shape index (κ2) is 6.29. The molecule has 0 spiro atoms. The summed E-state index contributed by atoms with van der Waals surface area (Å²) in [6, 6.07) is 13.1. The van der Waals surface area contributed by atoms with Crippen LogP contribution in [0.15, 0.2) is 48.7 Å². The Labute approximate surface area is 145 Å². The number of rotatable bonds is 4. The van der Waals surface area contributed by atoms with Gasteiger partial charge in [0.1, 0.15) is 0 Å². The number of pyridine rings is 1. The Bertz CT molecular complexity index is 900. The summed E-state index contributed by atoms with van der Waals surface area (Å²) in [6.07, 6.45) is 2.78. The van der Waals surface area contributed by atoms with Crippen LogP contribution in [0.1, 0.15) is 35.1 Å². The summed E-state index contributed by atoms with van der Waals surface area (Å²) in [5.74, 6) is -0.0299. The molecule has 25 heavy (non-hydrogen) atoms. The molecule has 128 valence electrons. The van der Waals surface area contributed by atoms with Crippen LogP contribution in [0.25, 0.3) is 10.9 Å². The van der Waals surface area contributed by atoms with Gasteiger partial charge in [-0.05, 0) is 37.0 Å². The Morgan fingerprint density at radius 3 is 2.72 bits per heavy atom. The van der Waals surface area contributed by atoms with E-state index in [2.05, 4.69) is 15.4 Å². The zero-order valence-electron chi connectivity index (χ0n) is 14.0. The predicted octanol–water partition coefficient (Wildman–Crippen LogP) is 2.21. The predicted molar refractivity (Wildman–Crippen MR) is 93.9 cm³/mol. The first kappa shape index (κ1) is 15.8. The quantitative estimate of drug-likeness (QED) is 0.765. The molecule has 0 bridgehead atoms. The highest BCUT2D eigenvalue weighted by atomic mass is 16.3. The molecule has 4 rings (SSSR count). The third kappa shape index (κ3) is 2.89. The fourth-order valence-electron chi connectivity index (χ4n) is 3.49. The number of para-hydroxylation sites is 1. The number of nitrogens with zero attached hydrogens (tertiary/aromatic N) is 3. The fourth-order valence-corrected chi connectivity index (χ4v) is 3.49. The molecule has 2 N–H and O–H groups in total. The van der Waals surface area contributed by atoms with Crippen LogP contribution in [-0.4, -0.2) is 31.9 Å². The number of fused-ring (bicyclic) bond motifs is 1. The van der Waals surface area contributed by atoms with Crippen molar-refractivity contribution >= 4 is 16.8 Å². The minimum atomic E-state index is -0.288. The molecular formula is C19H20N4O2. The molecule has 0 unspecified atom stereocenters. The standard InChI is InChI=1S/C19H20N4O2/c1-23-16-8-3-2-6-14(16)18(22-23)19(25)21-17(12-10-13(24)11-12)15-7-4-5-9-20-15/h2-9,12-13,17,24H,10-11H2,1H3,(H,21,25)/t12?,13?,17-/m0/s1. The Balaban J connectivity index is 1.64. The van der Waals surface area contributed by atoms with Gasteiger partial charge in [-0.25, -0.2) is 0 Å². The van der Waals surface area contributed by atoms with Gasteiger partial charge in [-0.2, -0.15) is 5.10 Å². The number of benzene rings is 1. The van der Waals surface area contributed by atoms with Gasteiger partial charge in [0.2, 0.25) is 0 Å². The third-order valence-electron chi connectivity index (χ3n) is 4.89. The largest absolute Gasteiger partial charge is 0.393 e. The highest BCUT2D eigenvalue weighted by Crippen LogP contribution is 2.37. The van der Waals surface area contributed by atoms with Crippen molar-refractivity contribution in [2.24, 2.45) is 13.0 Å². The van der Waals surface area contributed by atoms with Crippen molar-refractivity contribution in [3.8, 4) is 0 Å². The Morgan fingerprint density at radius 2 is 2.00 bits per heavy atom. The van der Waals surface area contributed by atoms with Crippen LogP contribution >= 0.6 is 0 Å². The van der Waals surface area contributed by atoms with Crippen LogP contribution in [0.2, 0.25) is 0 Å². The maximum atomic E-state index is 12.9. The molecule has 2 aromatic heterocycles. The first-order valence-corrected chi connectivity index (χ1v) is 8.45. The van der Waals surface area contributed by atoms with E-state index in [9.17, 15) is 9.90 Å². The normalized spacial score (nSPS) is 20.9. The monoisotopic (exact) mass is 336 g/mol. The second-order valence-electron chi connectivity index (χ2n) is 6.58. The summed E-state index contributed by atoms with van der Waals surface area (Å²) < 4.78 is 1.72. The average molecular weight is 336 g/mol. The van der Waals surface area contributed by atoms with Gasteiger partial charge in [-0.1, -0.05) is 24.3 Å². The lowest BCUT2D eigenvalue weighted by atomic mass is 9.76. The fraction of sp³-hybridized carbons (Fsp3) is 0.316. The molecule has 2 heterocycles. The third-order valence-corrected chi connectivity index (χ3v) is 4.89. The van der Waals surface area contributed by atoms with E-state index in [-0.39, 0.29) is 24.0 Å². The van der Waals surface area contributed by atoms with E-state index in [1.54, 1.807) is 10.9 Å². The maximum Gasteiger partial charge on any atom is 0.272 e. The first-order chi connectivity index (χ1) is 12.1. The maximum absolute atomic E-state index is 12.9. The molecule has 0 saturated heterocycles. The molecule has 1 aliphatic carbocycles. The number of aryl methyl sites for hydroxylation is 1. The number of hydrogen-bond donors (Lipinski definition) is 2. The van der Waals surface area contributed by atoms with E-state index >= 15 is 0 Å². The van der Waals surface area contributed by atoms with Crippen LogP contribution in [0.4, 0.5) is 0 Å². The Kier molecular flexibility index (Phi) is 3.97. The molecule has 0 radical (unpaired) electrons. The number of aromatic nitrogens is 3. The van der Waals surface area contributed by atoms with Gasteiger partial charge in [0, 0.05) is 18.6 Å². The second-order valence-corrected chi connectivity index (χ2v) is 6.58. The lowest BCUT2D eigenvalue weighted by Gasteiger charge is -2.37.